The van der Waals surface area contributed by atoms with Crippen LogP contribution >= 0.6 is 0 Å². The highest BCUT2D eigenvalue weighted by Crippen LogP contribution is 2.31. The van der Waals surface area contributed by atoms with Crippen LogP contribution in [0.5, 0.6) is 0 Å². The van der Waals surface area contributed by atoms with Gasteiger partial charge in [0.25, 0.3) is 5.92 Å². The Morgan fingerprint density at radius 2 is 2.31 bits per heavy atom. The van der Waals surface area contributed by atoms with E-state index in [1.165, 1.54) is 0 Å². The summed E-state index contributed by atoms with van der Waals surface area (Å²) in [5.74, 6) is -0.266. The molecule has 2 nitrogen and oxygen atoms in total. The van der Waals surface area contributed by atoms with E-state index in [2.05, 4.69) is 5.92 Å². The van der Waals surface area contributed by atoms with Gasteiger partial charge in [0, 0.05) is 25.4 Å². The highest BCUT2D eigenvalue weighted by molar-refractivity contribution is 4.93. The molecule has 0 spiro atoms. The minimum Gasteiger partial charge on any atom is -0.395 e. The number of halogens is 2. The molecule has 0 aromatic carbocycles. The normalized spacial score (nSPS) is 27.4. The van der Waals surface area contributed by atoms with Gasteiger partial charge in [-0.2, -0.15) is 0 Å². The smallest absolute Gasteiger partial charge is 0.262 e. The molecule has 1 aliphatic heterocycles. The number of aliphatic hydroxyl groups excluding tert-OH is 1. The Kier molecular flexibility index (Phi) is 3.23. The first kappa shape index (κ1) is 10.4. The molecule has 1 atom stereocenters. The Labute approximate surface area is 76.5 Å². The largest absolute Gasteiger partial charge is 0.395 e. The number of rotatable bonds is 3. The van der Waals surface area contributed by atoms with E-state index in [0.29, 0.717) is 13.0 Å². The van der Waals surface area contributed by atoms with Crippen molar-refractivity contribution >= 4 is 0 Å². The number of hydrogen-bond donors (Lipinski definition) is 1. The topological polar surface area (TPSA) is 23.5 Å². The third kappa shape index (κ3) is 2.64. The zero-order valence-corrected chi connectivity index (χ0v) is 7.34. The van der Waals surface area contributed by atoms with Crippen LogP contribution in [0.2, 0.25) is 0 Å². The summed E-state index contributed by atoms with van der Waals surface area (Å²) in [7, 11) is 0. The van der Waals surface area contributed by atoms with E-state index in [0.717, 1.165) is 0 Å². The zero-order chi connectivity index (χ0) is 9.90. The molecule has 0 aliphatic carbocycles. The lowest BCUT2D eigenvalue weighted by atomic mass is 10.2. The molecule has 1 N–H and O–H groups in total. The van der Waals surface area contributed by atoms with E-state index >= 15 is 0 Å². The van der Waals surface area contributed by atoms with Crippen molar-refractivity contribution in [2.75, 3.05) is 19.7 Å². The van der Waals surface area contributed by atoms with Gasteiger partial charge >= 0.3 is 0 Å². The van der Waals surface area contributed by atoms with Crippen LogP contribution in [-0.2, 0) is 0 Å². The molecule has 0 radical (unpaired) electrons. The van der Waals surface area contributed by atoms with Crippen molar-refractivity contribution in [3.63, 3.8) is 0 Å². The summed E-state index contributed by atoms with van der Waals surface area (Å²) in [4.78, 5) is 1.56. The molecule has 0 saturated carbocycles. The average molecular weight is 189 g/mol. The minimum atomic E-state index is -2.66. The molecule has 74 valence electrons. The molecule has 1 heterocycles. The summed E-state index contributed by atoms with van der Waals surface area (Å²) < 4.78 is 25.7. The first-order valence-electron chi connectivity index (χ1n) is 4.25. The molecular weight excluding hydrogens is 176 g/mol. The number of aliphatic hydroxyl groups is 1. The molecule has 4 heteroatoms. The SMILES string of the molecule is C#CCCN1CC(F)(F)CC1CO. The summed E-state index contributed by atoms with van der Waals surface area (Å²) in [6.07, 6.45) is 5.23. The van der Waals surface area contributed by atoms with Crippen LogP contribution in [0.15, 0.2) is 0 Å². The van der Waals surface area contributed by atoms with E-state index in [1.54, 1.807) is 4.90 Å². The van der Waals surface area contributed by atoms with Gasteiger partial charge in [0.05, 0.1) is 13.2 Å². The van der Waals surface area contributed by atoms with Crippen molar-refractivity contribution in [1.29, 1.82) is 0 Å². The van der Waals surface area contributed by atoms with Crippen LogP contribution in [-0.4, -0.2) is 41.7 Å². The molecule has 1 rings (SSSR count). The van der Waals surface area contributed by atoms with E-state index in [9.17, 15) is 8.78 Å². The molecule has 0 amide bonds. The number of alkyl halides is 2. The summed E-state index contributed by atoms with van der Waals surface area (Å²) in [6, 6.07) is -0.427. The molecule has 0 aromatic rings. The van der Waals surface area contributed by atoms with E-state index < -0.39 is 12.0 Å². The molecular formula is C9H13F2NO. The Balaban J connectivity index is 2.49. The van der Waals surface area contributed by atoms with Gasteiger partial charge in [-0.25, -0.2) is 8.78 Å². The second-order valence-electron chi connectivity index (χ2n) is 3.32. The van der Waals surface area contributed by atoms with Gasteiger partial charge in [-0.3, -0.25) is 4.90 Å². The lowest BCUT2D eigenvalue weighted by molar-refractivity contribution is 0.0119. The summed E-state index contributed by atoms with van der Waals surface area (Å²) in [5.41, 5.74) is 0. The molecule has 13 heavy (non-hydrogen) atoms. The summed E-state index contributed by atoms with van der Waals surface area (Å²) >= 11 is 0. The van der Waals surface area contributed by atoms with Gasteiger partial charge in [0.1, 0.15) is 0 Å². The molecule has 0 bridgehead atoms. The van der Waals surface area contributed by atoms with Crippen molar-refractivity contribution in [3.8, 4) is 12.3 Å². The first-order chi connectivity index (χ1) is 6.09. The lowest BCUT2D eigenvalue weighted by Gasteiger charge is -2.20. The van der Waals surface area contributed by atoms with Crippen LogP contribution in [0.25, 0.3) is 0 Å². The maximum Gasteiger partial charge on any atom is 0.262 e. The fourth-order valence-corrected chi connectivity index (χ4v) is 1.61. The van der Waals surface area contributed by atoms with E-state index in [1.807, 2.05) is 0 Å². The Bertz CT molecular complexity index is 212. The maximum absolute atomic E-state index is 12.9. The minimum absolute atomic E-state index is 0.222. The van der Waals surface area contributed by atoms with Gasteiger partial charge in [-0.1, -0.05) is 0 Å². The van der Waals surface area contributed by atoms with Crippen molar-refractivity contribution in [3.05, 3.63) is 0 Å². The van der Waals surface area contributed by atoms with Gasteiger partial charge in [0.2, 0.25) is 0 Å². The molecule has 0 aromatic heterocycles. The molecule has 1 aliphatic rings. The van der Waals surface area contributed by atoms with Gasteiger partial charge in [-0.05, 0) is 0 Å². The van der Waals surface area contributed by atoms with Crippen molar-refractivity contribution in [1.82, 2.24) is 4.90 Å². The van der Waals surface area contributed by atoms with Crippen LogP contribution in [0.3, 0.4) is 0 Å². The molecule has 1 saturated heterocycles. The second kappa shape index (κ2) is 4.03. The Morgan fingerprint density at radius 3 is 2.85 bits per heavy atom. The number of terminal acetylenes is 1. The van der Waals surface area contributed by atoms with Crippen LogP contribution < -0.4 is 0 Å². The van der Waals surface area contributed by atoms with E-state index in [-0.39, 0.29) is 19.6 Å². The standard InChI is InChI=1S/C9H13F2NO/c1-2-3-4-12-7-9(10,11)5-8(12)6-13/h1,8,13H,3-7H2. The lowest BCUT2D eigenvalue weighted by Crippen LogP contribution is -2.33. The predicted molar refractivity (Wildman–Crippen MR) is 45.5 cm³/mol. The van der Waals surface area contributed by atoms with Crippen molar-refractivity contribution < 1.29 is 13.9 Å². The van der Waals surface area contributed by atoms with Crippen molar-refractivity contribution in [2.45, 2.75) is 24.8 Å². The fraction of sp³-hybridized carbons (Fsp3) is 0.778. The van der Waals surface area contributed by atoms with Gasteiger partial charge < -0.3 is 5.11 Å². The zero-order valence-electron chi connectivity index (χ0n) is 7.34. The highest BCUT2D eigenvalue weighted by atomic mass is 19.3. The maximum atomic E-state index is 12.9. The predicted octanol–water partition coefficient (Wildman–Crippen LogP) is 0.712. The third-order valence-electron chi connectivity index (χ3n) is 2.24. The van der Waals surface area contributed by atoms with Crippen LogP contribution in [0, 0.1) is 12.3 Å². The summed E-state index contributed by atoms with van der Waals surface area (Å²) in [6.45, 7) is -0.0582. The number of hydrogen-bond acceptors (Lipinski definition) is 2. The van der Waals surface area contributed by atoms with Gasteiger partial charge in [0.15, 0.2) is 0 Å². The van der Waals surface area contributed by atoms with Crippen LogP contribution in [0.4, 0.5) is 8.78 Å². The Hall–Kier alpha value is -0.660. The van der Waals surface area contributed by atoms with Crippen LogP contribution in [0.1, 0.15) is 12.8 Å². The average Bonchev–Trinajstić information content (AvgIpc) is 2.37. The van der Waals surface area contributed by atoms with E-state index in [4.69, 9.17) is 11.5 Å². The van der Waals surface area contributed by atoms with Crippen molar-refractivity contribution in [2.24, 2.45) is 0 Å². The first-order valence-corrected chi connectivity index (χ1v) is 4.25. The fourth-order valence-electron chi connectivity index (χ4n) is 1.61. The quantitative estimate of drug-likeness (QED) is 0.661. The monoisotopic (exact) mass is 189 g/mol. The highest BCUT2D eigenvalue weighted by Gasteiger charge is 2.43. The van der Waals surface area contributed by atoms with Gasteiger partial charge in [-0.15, -0.1) is 12.3 Å². The number of likely N-dealkylation sites (tertiary alicyclic amines) is 1. The second-order valence-corrected chi connectivity index (χ2v) is 3.32. The molecule has 1 fully saturated rings. The third-order valence-corrected chi connectivity index (χ3v) is 2.24. The molecule has 1 unspecified atom stereocenters. The summed E-state index contributed by atoms with van der Waals surface area (Å²) in [5, 5.41) is 8.84. The Morgan fingerprint density at radius 1 is 1.62 bits per heavy atom. The number of nitrogens with zero attached hydrogens (tertiary/aromatic N) is 1.